The van der Waals surface area contributed by atoms with Crippen LogP contribution in [0.2, 0.25) is 5.02 Å². The maximum Gasteiger partial charge on any atom is 0.253 e. The van der Waals surface area contributed by atoms with E-state index in [-0.39, 0.29) is 24.3 Å². The number of unbranched alkanes of at least 4 members (excludes halogenated alkanes) is 1. The number of nitrogens with zero attached hydrogens (tertiary/aromatic N) is 3. The van der Waals surface area contributed by atoms with Crippen LogP contribution < -0.4 is 4.90 Å². The Kier molecular flexibility index (Phi) is 7.42. The Labute approximate surface area is 228 Å². The number of hydrogen-bond acceptors (Lipinski definition) is 5. The number of carbonyl (C=O) groups is 3. The summed E-state index contributed by atoms with van der Waals surface area (Å²) in [5, 5.41) is 9.96. The van der Waals surface area contributed by atoms with E-state index in [2.05, 4.69) is 0 Å². The molecular formula is C29H36ClN3O5. The van der Waals surface area contributed by atoms with Gasteiger partial charge in [0.15, 0.2) is 0 Å². The van der Waals surface area contributed by atoms with Gasteiger partial charge in [0.05, 0.1) is 17.4 Å². The Bertz CT molecular complexity index is 1150. The summed E-state index contributed by atoms with van der Waals surface area (Å²) in [4.78, 5) is 47.8. The average molecular weight is 542 g/mol. The van der Waals surface area contributed by atoms with Crippen molar-refractivity contribution in [2.75, 3.05) is 37.7 Å². The van der Waals surface area contributed by atoms with E-state index in [9.17, 15) is 19.5 Å². The van der Waals surface area contributed by atoms with E-state index in [0.29, 0.717) is 56.2 Å². The molecule has 2 saturated heterocycles. The third-order valence-electron chi connectivity index (χ3n) is 8.46. The minimum atomic E-state index is -1.27. The second kappa shape index (κ2) is 10.5. The fourth-order valence-corrected chi connectivity index (χ4v) is 6.89. The normalized spacial score (nSPS) is 32.4. The molecule has 1 aromatic carbocycles. The van der Waals surface area contributed by atoms with Crippen molar-refractivity contribution >= 4 is 35.0 Å². The molecule has 9 heteroatoms. The Hall–Kier alpha value is -2.68. The van der Waals surface area contributed by atoms with Crippen molar-refractivity contribution in [2.24, 2.45) is 11.8 Å². The van der Waals surface area contributed by atoms with Gasteiger partial charge in [-0.3, -0.25) is 14.4 Å². The molecule has 4 aliphatic rings. The molecular weight excluding hydrogens is 506 g/mol. The van der Waals surface area contributed by atoms with Gasteiger partial charge in [-0.15, -0.1) is 0 Å². The van der Waals surface area contributed by atoms with Gasteiger partial charge in [0.2, 0.25) is 11.8 Å². The molecule has 1 N–H and O–H groups in total. The summed E-state index contributed by atoms with van der Waals surface area (Å²) in [6, 6.07) is 6.12. The van der Waals surface area contributed by atoms with Gasteiger partial charge >= 0.3 is 0 Å². The standard InChI is InChI=1S/C29H36ClN3O5/c1-3-15-31-16-7-13-28(4-2)22(25(31)35)23-26(36)33(17-5-6-19-34)24-27(37)32(18-8-14-29(23,24)38-28)21-11-9-20(30)10-12-21/h7-14,22-24,34H,3-6,15-19H2,1-2H3/t22-,23-,24?,28+,29-/m0/s1. The van der Waals surface area contributed by atoms with Gasteiger partial charge in [-0.2, -0.15) is 0 Å². The van der Waals surface area contributed by atoms with Crippen molar-refractivity contribution in [2.45, 2.75) is 56.8 Å². The minimum Gasteiger partial charge on any atom is -0.396 e. The summed E-state index contributed by atoms with van der Waals surface area (Å²) in [5.41, 5.74) is -1.57. The van der Waals surface area contributed by atoms with E-state index in [1.807, 2.05) is 38.2 Å². The molecule has 1 aromatic rings. The van der Waals surface area contributed by atoms with Crippen molar-refractivity contribution in [3.8, 4) is 0 Å². The number of aliphatic hydroxyl groups excluding tert-OH is 1. The van der Waals surface area contributed by atoms with Gasteiger partial charge in [0, 0.05) is 43.5 Å². The lowest BCUT2D eigenvalue weighted by molar-refractivity contribution is -0.150. The largest absolute Gasteiger partial charge is 0.396 e. The van der Waals surface area contributed by atoms with Crippen LogP contribution in [0, 0.1) is 11.8 Å². The van der Waals surface area contributed by atoms with Crippen LogP contribution in [0.1, 0.15) is 39.5 Å². The van der Waals surface area contributed by atoms with E-state index in [1.165, 1.54) is 0 Å². The fraction of sp³-hybridized carbons (Fsp3) is 0.552. The smallest absolute Gasteiger partial charge is 0.253 e. The summed E-state index contributed by atoms with van der Waals surface area (Å²) in [6.45, 7) is 5.68. The van der Waals surface area contributed by atoms with Crippen LogP contribution in [0.3, 0.4) is 0 Å². The third-order valence-corrected chi connectivity index (χ3v) is 8.71. The molecule has 8 nitrogen and oxygen atoms in total. The number of aliphatic hydroxyl groups is 1. The highest BCUT2D eigenvalue weighted by molar-refractivity contribution is 6.30. The maximum absolute atomic E-state index is 14.4. The molecule has 5 rings (SSSR count). The predicted octanol–water partition coefficient (Wildman–Crippen LogP) is 3.18. The number of rotatable bonds is 8. The number of likely N-dealkylation sites (tertiary alicyclic amines) is 1. The fourth-order valence-electron chi connectivity index (χ4n) is 6.77. The van der Waals surface area contributed by atoms with Crippen LogP contribution in [-0.2, 0) is 19.1 Å². The topological polar surface area (TPSA) is 90.4 Å². The number of ether oxygens (including phenoxy) is 1. The number of halogens is 1. The van der Waals surface area contributed by atoms with Gasteiger partial charge in [0.1, 0.15) is 11.6 Å². The monoisotopic (exact) mass is 541 g/mol. The zero-order chi connectivity index (χ0) is 27.1. The highest BCUT2D eigenvalue weighted by Crippen LogP contribution is 2.58. The van der Waals surface area contributed by atoms with Crippen molar-refractivity contribution in [1.82, 2.24) is 9.80 Å². The van der Waals surface area contributed by atoms with E-state index >= 15 is 0 Å². The lowest BCUT2D eigenvalue weighted by Gasteiger charge is -2.38. The van der Waals surface area contributed by atoms with Crippen molar-refractivity contribution < 1.29 is 24.2 Å². The predicted molar refractivity (Wildman–Crippen MR) is 145 cm³/mol. The first-order chi connectivity index (χ1) is 18.3. The first kappa shape index (κ1) is 26.9. The molecule has 5 atom stereocenters. The quantitative estimate of drug-likeness (QED) is 0.403. The molecule has 0 aliphatic carbocycles. The van der Waals surface area contributed by atoms with Crippen LogP contribution in [0.25, 0.3) is 0 Å². The van der Waals surface area contributed by atoms with Crippen LogP contribution in [0.4, 0.5) is 5.69 Å². The number of amides is 3. The SMILES string of the molecule is CCCN1CC=C[C@@]2(CC)O[C@]34C=CCN(c5ccc(Cl)cc5)C(=O)C3N(CCCCO)C(=O)[C@@H]4[C@H]2C1=O. The Morgan fingerprint density at radius 1 is 0.947 bits per heavy atom. The van der Waals surface area contributed by atoms with Crippen molar-refractivity contribution in [3.05, 3.63) is 53.6 Å². The van der Waals surface area contributed by atoms with Gasteiger partial charge in [-0.1, -0.05) is 49.8 Å². The van der Waals surface area contributed by atoms with Gasteiger partial charge in [-0.05, 0) is 49.9 Å². The van der Waals surface area contributed by atoms with Crippen LogP contribution in [-0.4, -0.2) is 82.7 Å². The van der Waals surface area contributed by atoms with Gasteiger partial charge in [-0.25, -0.2) is 0 Å². The zero-order valence-corrected chi connectivity index (χ0v) is 22.8. The van der Waals surface area contributed by atoms with Crippen LogP contribution in [0.5, 0.6) is 0 Å². The molecule has 1 spiro atoms. The van der Waals surface area contributed by atoms with E-state index < -0.39 is 29.1 Å². The molecule has 4 aliphatic heterocycles. The number of fused-ring (bicyclic) bond motifs is 2. The van der Waals surface area contributed by atoms with Crippen molar-refractivity contribution in [3.63, 3.8) is 0 Å². The summed E-state index contributed by atoms with van der Waals surface area (Å²) in [7, 11) is 0. The number of benzene rings is 1. The summed E-state index contributed by atoms with van der Waals surface area (Å²) < 4.78 is 6.95. The second-order valence-corrected chi connectivity index (χ2v) is 11.0. The van der Waals surface area contributed by atoms with E-state index in [1.54, 1.807) is 39.0 Å². The molecule has 0 saturated carbocycles. The highest BCUT2D eigenvalue weighted by atomic mass is 35.5. The van der Waals surface area contributed by atoms with Crippen LogP contribution >= 0.6 is 11.6 Å². The molecule has 0 aromatic heterocycles. The lowest BCUT2D eigenvalue weighted by atomic mass is 9.73. The number of anilines is 1. The minimum absolute atomic E-state index is 0.000648. The first-order valence-electron chi connectivity index (χ1n) is 13.7. The van der Waals surface area contributed by atoms with Crippen LogP contribution in [0.15, 0.2) is 48.6 Å². The summed E-state index contributed by atoms with van der Waals surface area (Å²) in [6.07, 6.45) is 10.0. The number of carbonyl (C=O) groups excluding carboxylic acids is 3. The molecule has 2 fully saturated rings. The Morgan fingerprint density at radius 3 is 2.37 bits per heavy atom. The Morgan fingerprint density at radius 2 is 1.68 bits per heavy atom. The van der Waals surface area contributed by atoms with Crippen molar-refractivity contribution in [1.29, 1.82) is 0 Å². The lowest BCUT2D eigenvalue weighted by Crippen LogP contribution is -2.56. The average Bonchev–Trinajstić information content (AvgIpc) is 3.20. The summed E-state index contributed by atoms with van der Waals surface area (Å²) >= 11 is 6.10. The molecule has 4 heterocycles. The molecule has 0 radical (unpaired) electrons. The molecule has 38 heavy (non-hydrogen) atoms. The second-order valence-electron chi connectivity index (χ2n) is 10.6. The highest BCUT2D eigenvalue weighted by Gasteiger charge is 2.75. The maximum atomic E-state index is 14.4. The summed E-state index contributed by atoms with van der Waals surface area (Å²) in [5.74, 6) is -2.12. The van der Waals surface area contributed by atoms with Gasteiger partial charge < -0.3 is 24.5 Å². The molecule has 0 bridgehead atoms. The first-order valence-corrected chi connectivity index (χ1v) is 14.0. The molecule has 204 valence electrons. The Balaban J connectivity index is 1.63. The zero-order valence-electron chi connectivity index (χ0n) is 22.0. The van der Waals surface area contributed by atoms with E-state index in [4.69, 9.17) is 16.3 Å². The van der Waals surface area contributed by atoms with Gasteiger partial charge in [0.25, 0.3) is 5.91 Å². The molecule has 1 unspecified atom stereocenters. The van der Waals surface area contributed by atoms with E-state index in [0.717, 1.165) is 6.42 Å². The third kappa shape index (κ3) is 4.08. The molecule has 3 amide bonds. The number of hydrogen-bond donors (Lipinski definition) is 1.